The summed E-state index contributed by atoms with van der Waals surface area (Å²) in [6.45, 7) is 18.8. The molecule has 1 rings (SSSR count). The molecule has 1 N–H and O–H groups in total. The molecule has 0 amide bonds. The fourth-order valence-electron chi connectivity index (χ4n) is 2.52. The van der Waals surface area contributed by atoms with E-state index in [1.165, 1.54) is 6.42 Å². The first kappa shape index (κ1) is 16.9. The van der Waals surface area contributed by atoms with Crippen LogP contribution in [0.3, 0.4) is 0 Å². The highest BCUT2D eigenvalue weighted by Gasteiger charge is 2.30. The number of nitrogens with one attached hydrogen (secondary N) is 1. The molecule has 0 bridgehead atoms. The average Bonchev–Trinajstić information content (AvgIpc) is 2.46. The molecule has 3 heteroatoms. The SMILES string of the molecule is CC(C)COCCN1CC(C(C)(C)C)NCCC1C. The molecule has 0 aromatic heterocycles. The van der Waals surface area contributed by atoms with Crippen LogP contribution in [0.5, 0.6) is 0 Å². The Bertz CT molecular complexity index is 248. The van der Waals surface area contributed by atoms with Crippen LogP contribution in [-0.4, -0.2) is 49.8 Å². The lowest BCUT2D eigenvalue weighted by Gasteiger charge is -2.35. The Labute approximate surface area is 120 Å². The molecule has 0 spiro atoms. The molecule has 0 aliphatic carbocycles. The summed E-state index contributed by atoms with van der Waals surface area (Å²) >= 11 is 0. The van der Waals surface area contributed by atoms with Crippen LogP contribution >= 0.6 is 0 Å². The van der Waals surface area contributed by atoms with Gasteiger partial charge in [0, 0.05) is 31.8 Å². The van der Waals surface area contributed by atoms with E-state index in [0.29, 0.717) is 23.4 Å². The van der Waals surface area contributed by atoms with Gasteiger partial charge in [-0.2, -0.15) is 0 Å². The van der Waals surface area contributed by atoms with Crippen molar-refractivity contribution in [3.05, 3.63) is 0 Å². The van der Waals surface area contributed by atoms with E-state index in [1.54, 1.807) is 0 Å². The molecule has 1 fully saturated rings. The Morgan fingerprint density at radius 1 is 1.32 bits per heavy atom. The van der Waals surface area contributed by atoms with Gasteiger partial charge in [-0.1, -0.05) is 34.6 Å². The van der Waals surface area contributed by atoms with E-state index in [9.17, 15) is 0 Å². The Morgan fingerprint density at radius 2 is 2.00 bits per heavy atom. The molecule has 114 valence electrons. The first-order chi connectivity index (χ1) is 8.80. The van der Waals surface area contributed by atoms with Crippen molar-refractivity contribution in [3.63, 3.8) is 0 Å². The molecule has 0 aromatic rings. The van der Waals surface area contributed by atoms with Crippen LogP contribution in [0.25, 0.3) is 0 Å². The van der Waals surface area contributed by atoms with Crippen molar-refractivity contribution in [2.24, 2.45) is 11.3 Å². The summed E-state index contributed by atoms with van der Waals surface area (Å²) in [7, 11) is 0. The van der Waals surface area contributed by atoms with E-state index in [4.69, 9.17) is 4.74 Å². The fourth-order valence-corrected chi connectivity index (χ4v) is 2.52. The molecule has 1 saturated heterocycles. The highest BCUT2D eigenvalue weighted by molar-refractivity contribution is 4.88. The highest BCUT2D eigenvalue weighted by Crippen LogP contribution is 2.23. The second-order valence-corrected chi connectivity index (χ2v) is 7.47. The summed E-state index contributed by atoms with van der Waals surface area (Å²) in [6.07, 6.45) is 1.23. The van der Waals surface area contributed by atoms with Crippen LogP contribution in [0.15, 0.2) is 0 Å². The smallest absolute Gasteiger partial charge is 0.0593 e. The number of ether oxygens (including phenoxy) is 1. The largest absolute Gasteiger partial charge is 0.380 e. The normalized spacial score (nSPS) is 26.7. The highest BCUT2D eigenvalue weighted by atomic mass is 16.5. The van der Waals surface area contributed by atoms with Crippen molar-refractivity contribution in [3.8, 4) is 0 Å². The predicted octanol–water partition coefficient (Wildman–Crippen LogP) is 2.76. The van der Waals surface area contributed by atoms with Crippen LogP contribution in [0, 0.1) is 11.3 Å². The van der Waals surface area contributed by atoms with Crippen molar-refractivity contribution in [2.75, 3.05) is 32.8 Å². The van der Waals surface area contributed by atoms with Crippen LogP contribution in [0.4, 0.5) is 0 Å². The third-order valence-electron chi connectivity index (χ3n) is 4.01. The molecular weight excluding hydrogens is 236 g/mol. The van der Waals surface area contributed by atoms with Gasteiger partial charge in [-0.3, -0.25) is 4.90 Å². The van der Waals surface area contributed by atoms with Gasteiger partial charge in [-0.15, -0.1) is 0 Å². The summed E-state index contributed by atoms with van der Waals surface area (Å²) in [5.74, 6) is 0.630. The van der Waals surface area contributed by atoms with Crippen molar-refractivity contribution in [1.82, 2.24) is 10.2 Å². The number of nitrogens with zero attached hydrogens (tertiary/aromatic N) is 1. The zero-order valence-corrected chi connectivity index (χ0v) is 13.8. The van der Waals surface area contributed by atoms with Gasteiger partial charge in [0.25, 0.3) is 0 Å². The third kappa shape index (κ3) is 6.24. The topological polar surface area (TPSA) is 24.5 Å². The van der Waals surface area contributed by atoms with Crippen molar-refractivity contribution in [1.29, 1.82) is 0 Å². The minimum atomic E-state index is 0.321. The minimum Gasteiger partial charge on any atom is -0.380 e. The second-order valence-electron chi connectivity index (χ2n) is 7.47. The van der Waals surface area contributed by atoms with E-state index in [0.717, 1.165) is 32.8 Å². The van der Waals surface area contributed by atoms with Gasteiger partial charge in [0.05, 0.1) is 6.61 Å². The van der Waals surface area contributed by atoms with Gasteiger partial charge in [0.2, 0.25) is 0 Å². The van der Waals surface area contributed by atoms with Crippen molar-refractivity contribution < 1.29 is 4.74 Å². The van der Waals surface area contributed by atoms with Crippen molar-refractivity contribution in [2.45, 2.75) is 60.0 Å². The van der Waals surface area contributed by atoms with Crippen LogP contribution in [0.2, 0.25) is 0 Å². The van der Waals surface area contributed by atoms with Gasteiger partial charge in [-0.25, -0.2) is 0 Å². The van der Waals surface area contributed by atoms with Crippen LogP contribution in [0.1, 0.15) is 48.0 Å². The summed E-state index contributed by atoms with van der Waals surface area (Å²) < 4.78 is 5.75. The summed E-state index contributed by atoms with van der Waals surface area (Å²) in [4.78, 5) is 2.59. The monoisotopic (exact) mass is 270 g/mol. The fraction of sp³-hybridized carbons (Fsp3) is 1.00. The molecule has 19 heavy (non-hydrogen) atoms. The lowest BCUT2D eigenvalue weighted by molar-refractivity contribution is 0.0684. The van der Waals surface area contributed by atoms with Gasteiger partial charge in [-0.05, 0) is 31.2 Å². The Morgan fingerprint density at radius 3 is 2.58 bits per heavy atom. The van der Waals surface area contributed by atoms with E-state index in [1.807, 2.05) is 0 Å². The van der Waals surface area contributed by atoms with Gasteiger partial charge >= 0.3 is 0 Å². The van der Waals surface area contributed by atoms with Crippen molar-refractivity contribution >= 4 is 0 Å². The first-order valence-corrected chi connectivity index (χ1v) is 7.86. The van der Waals surface area contributed by atoms with Crippen LogP contribution in [-0.2, 0) is 4.74 Å². The third-order valence-corrected chi connectivity index (χ3v) is 4.01. The van der Waals surface area contributed by atoms with E-state index >= 15 is 0 Å². The zero-order valence-electron chi connectivity index (χ0n) is 13.8. The molecule has 0 radical (unpaired) electrons. The molecule has 0 saturated carbocycles. The Balaban J connectivity index is 2.44. The van der Waals surface area contributed by atoms with E-state index in [2.05, 4.69) is 51.8 Å². The molecule has 3 nitrogen and oxygen atoms in total. The maximum absolute atomic E-state index is 5.75. The van der Waals surface area contributed by atoms with Gasteiger partial charge in [0.15, 0.2) is 0 Å². The van der Waals surface area contributed by atoms with E-state index in [-0.39, 0.29) is 0 Å². The maximum atomic E-state index is 5.75. The summed E-state index contributed by atoms with van der Waals surface area (Å²) in [5.41, 5.74) is 0.321. The number of hydrogen-bond donors (Lipinski definition) is 1. The van der Waals surface area contributed by atoms with Gasteiger partial charge in [0.1, 0.15) is 0 Å². The molecule has 1 aliphatic heterocycles. The Kier molecular flexibility index (Phi) is 6.78. The van der Waals surface area contributed by atoms with Crippen LogP contribution < -0.4 is 5.32 Å². The molecular formula is C16H34N2O. The molecule has 2 atom stereocenters. The van der Waals surface area contributed by atoms with Gasteiger partial charge < -0.3 is 10.1 Å². The number of rotatable bonds is 5. The Hall–Kier alpha value is -0.120. The standard InChI is InChI=1S/C16H34N2O/c1-13(2)12-19-10-9-18-11-15(16(4,5)6)17-8-7-14(18)3/h13-15,17H,7-12H2,1-6H3. The molecule has 1 heterocycles. The maximum Gasteiger partial charge on any atom is 0.0593 e. The zero-order chi connectivity index (χ0) is 14.5. The minimum absolute atomic E-state index is 0.321. The number of hydrogen-bond acceptors (Lipinski definition) is 3. The average molecular weight is 270 g/mol. The lowest BCUT2D eigenvalue weighted by Crippen LogP contribution is -2.48. The second kappa shape index (κ2) is 7.61. The van der Waals surface area contributed by atoms with E-state index < -0.39 is 0 Å². The first-order valence-electron chi connectivity index (χ1n) is 7.86. The molecule has 1 aliphatic rings. The summed E-state index contributed by atoms with van der Waals surface area (Å²) in [5, 5.41) is 3.71. The molecule has 2 unspecified atom stereocenters. The quantitative estimate of drug-likeness (QED) is 0.778. The lowest BCUT2D eigenvalue weighted by atomic mass is 9.86. The molecule has 0 aromatic carbocycles. The summed E-state index contributed by atoms with van der Waals surface area (Å²) in [6, 6.07) is 1.23. The predicted molar refractivity (Wildman–Crippen MR) is 82.6 cm³/mol.